The van der Waals surface area contributed by atoms with E-state index in [1.54, 1.807) is 32.3 Å². The van der Waals surface area contributed by atoms with Gasteiger partial charge in [-0.1, -0.05) is 12.1 Å². The molecular formula is C25H19F2N5O3. The van der Waals surface area contributed by atoms with Crippen molar-refractivity contribution < 1.29 is 23.4 Å². The maximum absolute atomic E-state index is 13.2. The number of carbonyl (C=O) groups is 1. The molecular weight excluding hydrogens is 456 g/mol. The van der Waals surface area contributed by atoms with E-state index < -0.39 is 24.2 Å². The van der Waals surface area contributed by atoms with Gasteiger partial charge in [-0.25, -0.2) is 19.9 Å². The first-order valence-electron chi connectivity index (χ1n) is 11.0. The predicted octanol–water partition coefficient (Wildman–Crippen LogP) is 4.26. The molecule has 10 heteroatoms. The maximum atomic E-state index is 13.2. The van der Waals surface area contributed by atoms with Gasteiger partial charge < -0.3 is 14.4 Å². The number of carbonyl (C=O) groups excluding carboxylic acids is 1. The van der Waals surface area contributed by atoms with Gasteiger partial charge in [-0.05, 0) is 43.7 Å². The molecule has 6 rings (SSSR count). The van der Waals surface area contributed by atoms with Crippen molar-refractivity contribution in [1.29, 1.82) is 0 Å². The number of hydrogen-bond acceptors (Lipinski definition) is 6. The van der Waals surface area contributed by atoms with Crippen molar-refractivity contribution in [3.63, 3.8) is 0 Å². The number of fused-ring (bicyclic) bond motifs is 9. The van der Waals surface area contributed by atoms with Crippen molar-refractivity contribution in [1.82, 2.24) is 19.5 Å². The zero-order chi connectivity index (χ0) is 24.5. The summed E-state index contributed by atoms with van der Waals surface area (Å²) < 4.78 is 33.1. The van der Waals surface area contributed by atoms with Gasteiger partial charge in [-0.3, -0.25) is 4.79 Å². The van der Waals surface area contributed by atoms with Gasteiger partial charge in [0.05, 0.1) is 28.4 Å². The van der Waals surface area contributed by atoms with Gasteiger partial charge in [-0.2, -0.15) is 8.78 Å². The minimum atomic E-state index is -3.03. The summed E-state index contributed by atoms with van der Waals surface area (Å²) in [5, 5.41) is 10.1. The number of rotatable bonds is 4. The highest BCUT2D eigenvalue weighted by atomic mass is 19.3. The number of halogens is 2. The van der Waals surface area contributed by atoms with Crippen LogP contribution in [-0.4, -0.2) is 42.9 Å². The lowest BCUT2D eigenvalue weighted by Gasteiger charge is -2.20. The van der Waals surface area contributed by atoms with Crippen LogP contribution in [0.4, 0.5) is 8.78 Å². The Labute approximate surface area is 198 Å². The third-order valence-electron chi connectivity index (χ3n) is 6.26. The number of benzene rings is 2. The molecule has 0 aliphatic carbocycles. The van der Waals surface area contributed by atoms with E-state index >= 15 is 0 Å². The molecule has 2 aromatic carbocycles. The first-order valence-corrected chi connectivity index (χ1v) is 11.0. The molecule has 0 unspecified atom stereocenters. The number of aliphatic hydroxyl groups is 1. The Balaban J connectivity index is 1.52. The number of aliphatic imine (C=N–C) groups is 1. The minimum absolute atomic E-state index is 0.0474. The number of imidazole rings is 1. The number of ether oxygens (including phenoxy) is 1. The number of hydrogen-bond donors (Lipinski definition) is 1. The Hall–Kier alpha value is -4.05. The second-order valence-corrected chi connectivity index (χ2v) is 9.04. The molecule has 0 radical (unpaired) electrons. The molecule has 176 valence electrons. The van der Waals surface area contributed by atoms with Crippen molar-refractivity contribution in [3.05, 3.63) is 71.6 Å². The molecule has 0 saturated carbocycles. The summed E-state index contributed by atoms with van der Waals surface area (Å²) in [6.07, 6.45) is 3.62. The molecule has 4 aromatic rings. The number of nitrogens with zero attached hydrogens (tertiary/aromatic N) is 5. The van der Waals surface area contributed by atoms with E-state index in [-0.39, 0.29) is 11.3 Å². The van der Waals surface area contributed by atoms with E-state index in [1.165, 1.54) is 12.1 Å². The molecule has 1 N–H and O–H groups in total. The maximum Gasteiger partial charge on any atom is 0.387 e. The fraction of sp³-hybridized carbons (Fsp3) is 0.240. The van der Waals surface area contributed by atoms with E-state index in [0.717, 1.165) is 16.6 Å². The molecule has 2 bridgehead atoms. The van der Waals surface area contributed by atoms with Gasteiger partial charge in [0.25, 0.3) is 5.91 Å². The summed E-state index contributed by atoms with van der Waals surface area (Å²) in [4.78, 5) is 30.3. The molecule has 8 nitrogen and oxygen atoms in total. The van der Waals surface area contributed by atoms with E-state index in [0.29, 0.717) is 34.9 Å². The molecule has 2 aliphatic rings. The van der Waals surface area contributed by atoms with Gasteiger partial charge in [-0.15, -0.1) is 0 Å². The zero-order valence-electron chi connectivity index (χ0n) is 18.7. The van der Waals surface area contributed by atoms with E-state index in [2.05, 4.69) is 19.9 Å². The normalized spacial score (nSPS) is 16.8. The molecule has 0 spiro atoms. The number of amides is 1. The summed E-state index contributed by atoms with van der Waals surface area (Å²) in [7, 11) is 0. The van der Waals surface area contributed by atoms with Crippen molar-refractivity contribution in [2.45, 2.75) is 38.5 Å². The highest BCUT2D eigenvalue weighted by Gasteiger charge is 2.39. The smallest absolute Gasteiger partial charge is 0.387 e. The second-order valence-electron chi connectivity index (χ2n) is 9.04. The van der Waals surface area contributed by atoms with Gasteiger partial charge in [0.1, 0.15) is 11.4 Å². The lowest BCUT2D eigenvalue weighted by atomic mass is 9.97. The lowest BCUT2D eigenvalue weighted by Crippen LogP contribution is -2.19. The molecule has 35 heavy (non-hydrogen) atoms. The topological polar surface area (TPSA) is 102 Å². The zero-order valence-corrected chi connectivity index (χ0v) is 18.7. The Kier molecular flexibility index (Phi) is 4.59. The summed E-state index contributed by atoms with van der Waals surface area (Å²) in [6.45, 7) is 0.197. The van der Waals surface area contributed by atoms with Gasteiger partial charge >= 0.3 is 6.61 Å². The molecule has 1 amide bonds. The quantitative estimate of drug-likeness (QED) is 0.473. The van der Waals surface area contributed by atoms with Gasteiger partial charge in [0.15, 0.2) is 11.6 Å². The standard InChI is InChI=1S/C25H19F2N5O3/c1-25(2,34)23-28-10-13(11-29-23)12-6-7-15-17(8-12)32-18-9-16(21(32)30-15)31-22(33)14-4-3-5-19(20(14)18)35-24(26)27/h3-8,10-11,18,24,34H,9H2,1-2H3/t18-/m1/s1. The monoisotopic (exact) mass is 475 g/mol. The first-order chi connectivity index (χ1) is 16.7. The van der Waals surface area contributed by atoms with Crippen LogP contribution in [0.25, 0.3) is 22.2 Å². The van der Waals surface area contributed by atoms with Crippen molar-refractivity contribution >= 4 is 22.7 Å². The minimum Gasteiger partial charge on any atom is -0.434 e. The van der Waals surface area contributed by atoms with Crippen molar-refractivity contribution in [2.75, 3.05) is 0 Å². The Morgan fingerprint density at radius 1 is 1.14 bits per heavy atom. The molecule has 0 saturated heterocycles. The summed E-state index contributed by atoms with van der Waals surface area (Å²) in [6, 6.07) is 9.69. The van der Waals surface area contributed by atoms with Crippen LogP contribution >= 0.6 is 0 Å². The fourth-order valence-electron chi connectivity index (χ4n) is 4.73. The van der Waals surface area contributed by atoms with Gasteiger partial charge in [0, 0.05) is 29.9 Å². The Bertz CT molecular complexity index is 1540. The molecule has 2 aromatic heterocycles. The van der Waals surface area contributed by atoms with Crippen LogP contribution in [0.5, 0.6) is 5.75 Å². The Morgan fingerprint density at radius 2 is 1.91 bits per heavy atom. The average Bonchev–Trinajstić information content (AvgIpc) is 3.30. The van der Waals surface area contributed by atoms with Crippen LogP contribution in [0.1, 0.15) is 53.9 Å². The third-order valence-corrected chi connectivity index (χ3v) is 6.26. The van der Waals surface area contributed by atoms with Crippen LogP contribution in [0.15, 0.2) is 53.8 Å². The van der Waals surface area contributed by atoms with Crippen LogP contribution in [-0.2, 0) is 5.60 Å². The highest BCUT2D eigenvalue weighted by Crippen LogP contribution is 2.44. The summed E-state index contributed by atoms with van der Waals surface area (Å²) in [5.41, 5.74) is 2.95. The Morgan fingerprint density at radius 3 is 2.63 bits per heavy atom. The van der Waals surface area contributed by atoms with E-state index in [9.17, 15) is 18.7 Å². The van der Waals surface area contributed by atoms with Crippen LogP contribution in [0.2, 0.25) is 0 Å². The van der Waals surface area contributed by atoms with Gasteiger partial charge in [0.2, 0.25) is 0 Å². The molecule has 2 aliphatic heterocycles. The third kappa shape index (κ3) is 3.40. The van der Waals surface area contributed by atoms with Crippen molar-refractivity contribution in [3.8, 4) is 16.9 Å². The first kappa shape index (κ1) is 21.5. The van der Waals surface area contributed by atoms with Crippen LogP contribution in [0, 0.1) is 0 Å². The highest BCUT2D eigenvalue weighted by molar-refractivity contribution is 6.14. The van der Waals surface area contributed by atoms with Crippen LogP contribution in [0.3, 0.4) is 0 Å². The lowest BCUT2D eigenvalue weighted by molar-refractivity contribution is -0.0507. The number of alkyl halides is 2. The van der Waals surface area contributed by atoms with Crippen LogP contribution < -0.4 is 4.74 Å². The second kappa shape index (κ2) is 7.47. The largest absolute Gasteiger partial charge is 0.434 e. The fourth-order valence-corrected chi connectivity index (χ4v) is 4.73. The average molecular weight is 475 g/mol. The predicted molar refractivity (Wildman–Crippen MR) is 123 cm³/mol. The number of aromatic nitrogens is 4. The summed E-state index contributed by atoms with van der Waals surface area (Å²) in [5.74, 6) is 0.291. The van der Waals surface area contributed by atoms with E-state index in [4.69, 9.17) is 4.74 Å². The SMILES string of the molecule is CC(C)(O)c1ncc(-c2ccc3nc4n(c3c2)[C@@H]2CC4=NC(=O)c3cccc(OC(F)F)c32)cn1. The molecule has 1 atom stereocenters. The molecule has 0 fully saturated rings. The van der Waals surface area contributed by atoms with Crippen molar-refractivity contribution in [2.24, 2.45) is 4.99 Å². The summed E-state index contributed by atoms with van der Waals surface area (Å²) >= 11 is 0. The molecule has 4 heterocycles. The van der Waals surface area contributed by atoms with E-state index in [1.807, 2.05) is 22.8 Å².